The highest BCUT2D eigenvalue weighted by molar-refractivity contribution is 6.12. The summed E-state index contributed by atoms with van der Waals surface area (Å²) in [6, 6.07) is 91.5. The number of aromatic nitrogens is 1. The Kier molecular flexibility index (Phi) is 9.47. The molecular weight excluding hydrogens is 859 g/mol. The maximum atomic E-state index is 2.55. The molecule has 0 radical (unpaired) electrons. The normalized spacial score (nSPS) is 16.3. The number of hydrogen-bond acceptors (Lipinski definition) is 2. The molecule has 1 spiro atoms. The molecule has 0 saturated carbocycles. The maximum absolute atomic E-state index is 2.55. The standard InChI is InChI=1S/C68H49N3/c1-46-34-39-64-59(40-46)56-28-14-17-31-62(56)68(64)63-32-18-15-29-57(63)60-44-61-58-30-16-19-33-66(58)71(67(61)45-65(60)68)53-37-35-47(36-38-53)48-41-54(69(49-20-6-2-7-21-49)50-22-8-3-9-23-50)43-55(42-48)70(51-24-10-4-11-25-51)52-26-12-5-13-27-52/h2-39,41-46H,40H2,1H3. The molecule has 0 aliphatic heterocycles. The molecule has 0 N–H and O–H groups in total. The van der Waals surface area contributed by atoms with Crippen molar-refractivity contribution in [1.29, 1.82) is 0 Å². The molecule has 14 rings (SSSR count). The van der Waals surface area contributed by atoms with Crippen molar-refractivity contribution in [1.82, 2.24) is 4.57 Å². The first-order valence-electron chi connectivity index (χ1n) is 24.9. The molecule has 0 saturated heterocycles. The highest BCUT2D eigenvalue weighted by Crippen LogP contribution is 2.64. The van der Waals surface area contributed by atoms with E-state index in [0.29, 0.717) is 5.92 Å². The van der Waals surface area contributed by atoms with Gasteiger partial charge in [0.1, 0.15) is 0 Å². The van der Waals surface area contributed by atoms with Crippen molar-refractivity contribution >= 4 is 61.5 Å². The number of benzene rings is 10. The summed E-state index contributed by atoms with van der Waals surface area (Å²) in [5, 5.41) is 2.52. The minimum absolute atomic E-state index is 0.392. The number of fused-ring (bicyclic) bond motifs is 12. The van der Waals surface area contributed by atoms with E-state index in [-0.39, 0.29) is 0 Å². The Morgan fingerprint density at radius 2 is 0.901 bits per heavy atom. The molecule has 11 aromatic rings. The lowest BCUT2D eigenvalue weighted by Gasteiger charge is -2.32. The van der Waals surface area contributed by atoms with Gasteiger partial charge >= 0.3 is 0 Å². The van der Waals surface area contributed by atoms with Crippen molar-refractivity contribution in [2.45, 2.75) is 18.8 Å². The zero-order chi connectivity index (χ0) is 47.0. The molecule has 336 valence electrons. The molecule has 3 heteroatoms. The van der Waals surface area contributed by atoms with Gasteiger partial charge in [-0.3, -0.25) is 0 Å². The lowest BCUT2D eigenvalue weighted by Crippen LogP contribution is -2.27. The molecule has 3 nitrogen and oxygen atoms in total. The Balaban J connectivity index is 0.964. The van der Waals surface area contributed by atoms with Gasteiger partial charge in [0.25, 0.3) is 0 Å². The van der Waals surface area contributed by atoms with Crippen molar-refractivity contribution in [2.24, 2.45) is 5.92 Å². The Morgan fingerprint density at radius 3 is 1.49 bits per heavy atom. The zero-order valence-corrected chi connectivity index (χ0v) is 39.5. The van der Waals surface area contributed by atoms with E-state index in [0.717, 1.165) is 57.4 Å². The van der Waals surface area contributed by atoms with Crippen LogP contribution in [-0.2, 0) is 5.41 Å². The first-order valence-corrected chi connectivity index (χ1v) is 24.9. The predicted molar refractivity (Wildman–Crippen MR) is 297 cm³/mol. The zero-order valence-electron chi connectivity index (χ0n) is 39.5. The van der Waals surface area contributed by atoms with E-state index in [2.05, 4.69) is 282 Å². The Labute approximate surface area is 415 Å². The fourth-order valence-electron chi connectivity index (χ4n) is 12.3. The van der Waals surface area contributed by atoms with Crippen molar-refractivity contribution in [3.63, 3.8) is 0 Å². The summed E-state index contributed by atoms with van der Waals surface area (Å²) in [7, 11) is 0. The quantitative estimate of drug-likeness (QED) is 0.150. The van der Waals surface area contributed by atoms with E-state index >= 15 is 0 Å². The largest absolute Gasteiger partial charge is 0.310 e. The molecule has 2 unspecified atom stereocenters. The van der Waals surface area contributed by atoms with Crippen LogP contribution in [-0.4, -0.2) is 4.57 Å². The number of nitrogens with zero attached hydrogens (tertiary/aromatic N) is 3. The van der Waals surface area contributed by atoms with E-state index in [9.17, 15) is 0 Å². The summed E-state index contributed by atoms with van der Waals surface area (Å²) in [4.78, 5) is 4.73. The first kappa shape index (κ1) is 41.1. The molecule has 1 aromatic heterocycles. The predicted octanol–water partition coefficient (Wildman–Crippen LogP) is 18.1. The van der Waals surface area contributed by atoms with Gasteiger partial charge < -0.3 is 14.4 Å². The fourth-order valence-corrected chi connectivity index (χ4v) is 12.3. The summed E-state index contributed by atoms with van der Waals surface area (Å²) < 4.78 is 2.50. The van der Waals surface area contributed by atoms with E-state index in [1.54, 1.807) is 0 Å². The molecule has 3 aliphatic rings. The SMILES string of the molecule is CC1C=CC2=C(C1)c1ccccc1C21c2ccccc2-c2cc3c4ccccc4n(-c4ccc(-c5cc(N(c6ccccc6)c6ccccc6)cc(N(c6ccccc6)c6ccccc6)c5)cc4)c3cc21. The van der Waals surface area contributed by atoms with Crippen LogP contribution in [0.1, 0.15) is 35.6 Å². The number of allylic oxidation sites excluding steroid dienone is 4. The first-order chi connectivity index (χ1) is 35.1. The topological polar surface area (TPSA) is 11.4 Å². The van der Waals surface area contributed by atoms with E-state index in [1.807, 2.05) is 0 Å². The van der Waals surface area contributed by atoms with E-state index in [1.165, 1.54) is 66.3 Å². The molecule has 2 atom stereocenters. The van der Waals surface area contributed by atoms with Crippen LogP contribution in [0.4, 0.5) is 34.1 Å². The second-order valence-corrected chi connectivity index (χ2v) is 19.3. The summed E-state index contributed by atoms with van der Waals surface area (Å²) in [6.45, 7) is 2.35. The van der Waals surface area contributed by atoms with Crippen molar-refractivity contribution in [3.05, 3.63) is 289 Å². The lowest BCUT2D eigenvalue weighted by atomic mass is 9.68. The van der Waals surface area contributed by atoms with Crippen LogP contribution in [0.25, 0.3) is 55.3 Å². The average Bonchev–Trinajstić information content (AvgIpc) is 4.03. The highest BCUT2D eigenvalue weighted by Gasteiger charge is 2.53. The van der Waals surface area contributed by atoms with Gasteiger partial charge in [-0.15, -0.1) is 0 Å². The minimum Gasteiger partial charge on any atom is -0.310 e. The van der Waals surface area contributed by atoms with Crippen LogP contribution in [0.3, 0.4) is 0 Å². The van der Waals surface area contributed by atoms with Crippen LogP contribution < -0.4 is 9.80 Å². The highest BCUT2D eigenvalue weighted by atomic mass is 15.2. The molecule has 3 aliphatic carbocycles. The summed E-state index contributed by atoms with van der Waals surface area (Å²) in [6.07, 6.45) is 5.95. The van der Waals surface area contributed by atoms with E-state index < -0.39 is 5.41 Å². The summed E-state index contributed by atoms with van der Waals surface area (Å²) in [5.74, 6) is 0.494. The fraction of sp³-hybridized carbons (Fsp3) is 0.0588. The molecular formula is C68H49N3. The number of para-hydroxylation sites is 5. The van der Waals surface area contributed by atoms with Gasteiger partial charge in [0.2, 0.25) is 0 Å². The van der Waals surface area contributed by atoms with Gasteiger partial charge in [-0.25, -0.2) is 0 Å². The van der Waals surface area contributed by atoms with Crippen molar-refractivity contribution in [2.75, 3.05) is 9.80 Å². The van der Waals surface area contributed by atoms with Crippen molar-refractivity contribution in [3.8, 4) is 27.9 Å². The Morgan fingerprint density at radius 1 is 0.394 bits per heavy atom. The molecule has 10 aromatic carbocycles. The van der Waals surface area contributed by atoms with Crippen LogP contribution in [0.5, 0.6) is 0 Å². The van der Waals surface area contributed by atoms with Crippen LogP contribution in [0.15, 0.2) is 266 Å². The third kappa shape index (κ3) is 6.36. The molecule has 1 heterocycles. The Hall–Kier alpha value is -8.92. The monoisotopic (exact) mass is 907 g/mol. The number of anilines is 6. The van der Waals surface area contributed by atoms with Crippen LogP contribution >= 0.6 is 0 Å². The number of rotatable bonds is 8. The van der Waals surface area contributed by atoms with Gasteiger partial charge in [0.05, 0.1) is 16.4 Å². The second-order valence-electron chi connectivity index (χ2n) is 19.3. The number of hydrogen-bond donors (Lipinski definition) is 0. The van der Waals surface area contributed by atoms with Crippen LogP contribution in [0.2, 0.25) is 0 Å². The van der Waals surface area contributed by atoms with Crippen LogP contribution in [0, 0.1) is 5.92 Å². The third-order valence-corrected chi connectivity index (χ3v) is 15.3. The van der Waals surface area contributed by atoms with Gasteiger partial charge in [-0.1, -0.05) is 171 Å². The summed E-state index contributed by atoms with van der Waals surface area (Å²) >= 11 is 0. The molecule has 0 bridgehead atoms. The molecule has 0 fully saturated rings. The average molecular weight is 908 g/mol. The minimum atomic E-state index is -0.392. The molecule has 71 heavy (non-hydrogen) atoms. The Bertz CT molecular complexity index is 3730. The van der Waals surface area contributed by atoms with Gasteiger partial charge in [-0.05, 0) is 165 Å². The van der Waals surface area contributed by atoms with E-state index in [4.69, 9.17) is 0 Å². The van der Waals surface area contributed by atoms with Crippen molar-refractivity contribution < 1.29 is 0 Å². The summed E-state index contributed by atoms with van der Waals surface area (Å²) in [5.41, 5.74) is 23.1. The second kappa shape index (κ2) is 16.4. The third-order valence-electron chi connectivity index (χ3n) is 15.3. The maximum Gasteiger partial charge on any atom is 0.0722 e. The lowest BCUT2D eigenvalue weighted by molar-refractivity contribution is 0.725. The van der Waals surface area contributed by atoms with Gasteiger partial charge in [0.15, 0.2) is 0 Å². The smallest absolute Gasteiger partial charge is 0.0722 e. The molecule has 0 amide bonds. The van der Waals surface area contributed by atoms with Gasteiger partial charge in [0, 0.05) is 50.6 Å². The van der Waals surface area contributed by atoms with Gasteiger partial charge in [-0.2, -0.15) is 0 Å².